The number of hydrogen-bond donors (Lipinski definition) is 2. The summed E-state index contributed by atoms with van der Waals surface area (Å²) >= 11 is 0. The number of rotatable bonds is 11. The molecule has 3 amide bonds. The maximum Gasteiger partial charge on any atom is 0.412 e. The SMILES string of the molecule is C=CCOC(=O)NC(CNC(=O)OCc1ccc([N+](=O)[O-])cc1)[C@@]1(O[Si](C)C)C[C@H](C(C)(C)C)CN1C(=O)OC(C)(C)C. The number of nitro benzene ring substituents is 1. The van der Waals surface area contributed by atoms with E-state index in [0.29, 0.717) is 18.5 Å². The highest BCUT2D eigenvalue weighted by atomic mass is 28.3. The van der Waals surface area contributed by atoms with E-state index in [1.165, 1.54) is 35.2 Å². The molecule has 2 N–H and O–H groups in total. The summed E-state index contributed by atoms with van der Waals surface area (Å²) in [5, 5.41) is 16.4. The van der Waals surface area contributed by atoms with Crippen molar-refractivity contribution < 1.29 is 37.9 Å². The highest BCUT2D eigenvalue weighted by Gasteiger charge is 2.58. The second kappa shape index (κ2) is 14.7. The molecule has 0 saturated carbocycles. The maximum absolute atomic E-state index is 13.7. The molecular weight excluding hydrogens is 576 g/mol. The van der Waals surface area contributed by atoms with Gasteiger partial charge in [-0.1, -0.05) is 33.4 Å². The van der Waals surface area contributed by atoms with E-state index in [4.69, 9.17) is 18.6 Å². The van der Waals surface area contributed by atoms with Gasteiger partial charge in [0.15, 0.2) is 5.72 Å². The lowest BCUT2D eigenvalue weighted by molar-refractivity contribution is -0.384. The number of benzene rings is 1. The Kier molecular flexibility index (Phi) is 12.1. The first-order chi connectivity index (χ1) is 19.9. The third-order valence-electron chi connectivity index (χ3n) is 6.75. The van der Waals surface area contributed by atoms with Crippen molar-refractivity contribution in [3.05, 3.63) is 52.6 Å². The van der Waals surface area contributed by atoms with Crippen LogP contribution in [0.1, 0.15) is 53.5 Å². The average Bonchev–Trinajstić information content (AvgIpc) is 3.28. The summed E-state index contributed by atoms with van der Waals surface area (Å²) < 4.78 is 22.9. The van der Waals surface area contributed by atoms with Crippen LogP contribution in [-0.2, 0) is 25.2 Å². The van der Waals surface area contributed by atoms with Gasteiger partial charge in [0.25, 0.3) is 5.69 Å². The first-order valence-corrected chi connectivity index (χ1v) is 16.5. The van der Waals surface area contributed by atoms with Crippen molar-refractivity contribution in [1.29, 1.82) is 0 Å². The number of carbonyl (C=O) groups is 3. The summed E-state index contributed by atoms with van der Waals surface area (Å²) in [6.45, 7) is 18.9. The van der Waals surface area contributed by atoms with Crippen molar-refractivity contribution in [2.75, 3.05) is 19.7 Å². The van der Waals surface area contributed by atoms with Crippen LogP contribution in [0.5, 0.6) is 0 Å². The lowest BCUT2D eigenvalue weighted by Gasteiger charge is -2.45. The molecular formula is C29H45N4O9Si. The zero-order chi connectivity index (χ0) is 32.6. The van der Waals surface area contributed by atoms with Crippen LogP contribution in [0, 0.1) is 21.4 Å². The number of alkyl carbamates (subject to hydrolysis) is 2. The highest BCUT2D eigenvalue weighted by Crippen LogP contribution is 2.45. The summed E-state index contributed by atoms with van der Waals surface area (Å²) in [7, 11) is -1.49. The van der Waals surface area contributed by atoms with Gasteiger partial charge in [-0.15, -0.1) is 0 Å². The van der Waals surface area contributed by atoms with E-state index < -0.39 is 49.6 Å². The molecule has 43 heavy (non-hydrogen) atoms. The van der Waals surface area contributed by atoms with Gasteiger partial charge in [0, 0.05) is 31.6 Å². The van der Waals surface area contributed by atoms with Crippen LogP contribution in [0.25, 0.3) is 0 Å². The predicted molar refractivity (Wildman–Crippen MR) is 162 cm³/mol. The summed E-state index contributed by atoms with van der Waals surface area (Å²) in [5.41, 5.74) is -1.93. The Hall–Kier alpha value is -3.65. The maximum atomic E-state index is 13.7. The summed E-state index contributed by atoms with van der Waals surface area (Å²) in [4.78, 5) is 51.2. The zero-order valence-electron chi connectivity index (χ0n) is 26.4. The quantitative estimate of drug-likeness (QED) is 0.109. The third kappa shape index (κ3) is 10.5. The monoisotopic (exact) mass is 621 g/mol. The summed E-state index contributed by atoms with van der Waals surface area (Å²) in [6, 6.07) is 4.65. The van der Waals surface area contributed by atoms with Crippen LogP contribution in [0.15, 0.2) is 36.9 Å². The molecule has 1 fully saturated rings. The molecule has 1 heterocycles. The van der Waals surface area contributed by atoms with Gasteiger partial charge < -0.3 is 29.3 Å². The van der Waals surface area contributed by atoms with Crippen LogP contribution in [-0.4, -0.2) is 74.2 Å². The van der Waals surface area contributed by atoms with Gasteiger partial charge in [-0.25, -0.2) is 14.4 Å². The minimum atomic E-state index is -1.49. The molecule has 3 atom stereocenters. The van der Waals surface area contributed by atoms with E-state index in [0.717, 1.165) is 0 Å². The Morgan fingerprint density at radius 3 is 2.28 bits per heavy atom. The van der Waals surface area contributed by atoms with Crippen LogP contribution >= 0.6 is 0 Å². The van der Waals surface area contributed by atoms with Crippen molar-refractivity contribution in [3.8, 4) is 0 Å². The minimum Gasteiger partial charge on any atom is -0.445 e. The standard InChI is InChI=1S/C29H45N4O9Si/c1-10-15-39-25(35)31-23(17-30-24(34)40-19-20-11-13-22(14-12-20)33(37)38)29(42-43(8)9)16-21(27(2,3)4)18-32(29)26(36)41-28(5,6)7/h10-14,21,23H,1,15-19H2,2-9H3,(H,30,34)(H,31,35)/t21-,23?,29-/m0/s1. The topological polar surface area (TPSA) is 159 Å². The van der Waals surface area contributed by atoms with Gasteiger partial charge in [-0.2, -0.15) is 0 Å². The largest absolute Gasteiger partial charge is 0.445 e. The predicted octanol–water partition coefficient (Wildman–Crippen LogP) is 5.37. The van der Waals surface area contributed by atoms with Gasteiger partial charge in [0.1, 0.15) is 18.8 Å². The number of nitrogens with zero attached hydrogens (tertiary/aromatic N) is 2. The molecule has 1 aromatic rings. The fourth-order valence-electron chi connectivity index (χ4n) is 4.62. The molecule has 1 aliphatic heterocycles. The molecule has 1 aromatic carbocycles. The van der Waals surface area contributed by atoms with E-state index in [1.807, 2.05) is 13.1 Å². The van der Waals surface area contributed by atoms with Crippen LogP contribution in [0.2, 0.25) is 13.1 Å². The molecule has 14 heteroatoms. The molecule has 239 valence electrons. The molecule has 0 aromatic heterocycles. The lowest BCUT2D eigenvalue weighted by atomic mass is 9.78. The Morgan fingerprint density at radius 1 is 1.14 bits per heavy atom. The smallest absolute Gasteiger partial charge is 0.412 e. The zero-order valence-corrected chi connectivity index (χ0v) is 27.4. The van der Waals surface area contributed by atoms with Crippen LogP contribution in [0.4, 0.5) is 20.1 Å². The second-order valence-corrected chi connectivity index (χ2v) is 14.7. The molecule has 0 aliphatic carbocycles. The van der Waals surface area contributed by atoms with E-state index in [2.05, 4.69) is 38.0 Å². The van der Waals surface area contributed by atoms with Crippen molar-refractivity contribution in [1.82, 2.24) is 15.5 Å². The number of nitro groups is 1. The van der Waals surface area contributed by atoms with Crippen LogP contribution in [0.3, 0.4) is 0 Å². The van der Waals surface area contributed by atoms with E-state index >= 15 is 0 Å². The Labute approximate surface area is 255 Å². The molecule has 0 bridgehead atoms. The third-order valence-corrected chi connectivity index (χ3v) is 7.52. The summed E-state index contributed by atoms with van der Waals surface area (Å²) in [5.74, 6) is -0.0380. The van der Waals surface area contributed by atoms with Gasteiger partial charge in [0.2, 0.25) is 9.04 Å². The minimum absolute atomic E-state index is 0.0380. The van der Waals surface area contributed by atoms with Gasteiger partial charge in [0.05, 0.1) is 11.0 Å². The Morgan fingerprint density at radius 2 is 1.77 bits per heavy atom. The molecule has 0 spiro atoms. The van der Waals surface area contributed by atoms with E-state index in [9.17, 15) is 24.5 Å². The molecule has 1 aliphatic rings. The van der Waals surface area contributed by atoms with Gasteiger partial charge in [-0.05, 0) is 62.9 Å². The Bertz CT molecular complexity index is 1150. The first-order valence-electron chi connectivity index (χ1n) is 14.1. The van der Waals surface area contributed by atoms with Gasteiger partial charge in [-0.3, -0.25) is 15.0 Å². The molecule has 2 rings (SSSR count). The Balaban J connectivity index is 2.40. The lowest BCUT2D eigenvalue weighted by Crippen LogP contribution is -2.67. The van der Waals surface area contributed by atoms with Crippen molar-refractivity contribution in [3.63, 3.8) is 0 Å². The number of carbonyl (C=O) groups excluding carboxylic acids is 3. The number of amides is 3. The van der Waals surface area contributed by atoms with E-state index in [-0.39, 0.29) is 36.8 Å². The first kappa shape index (κ1) is 35.5. The normalized spacial score (nSPS) is 19.4. The molecule has 1 radical (unpaired) electrons. The fraction of sp³-hybridized carbons (Fsp3) is 0.621. The highest BCUT2D eigenvalue weighted by molar-refractivity contribution is 6.48. The van der Waals surface area contributed by atoms with E-state index in [1.54, 1.807) is 20.8 Å². The van der Waals surface area contributed by atoms with Crippen molar-refractivity contribution in [2.45, 2.75) is 85.0 Å². The van der Waals surface area contributed by atoms with Gasteiger partial charge >= 0.3 is 18.3 Å². The fourth-order valence-corrected chi connectivity index (χ4v) is 5.66. The molecule has 1 saturated heterocycles. The second-order valence-electron chi connectivity index (χ2n) is 12.7. The number of ether oxygens (including phenoxy) is 3. The molecule has 1 unspecified atom stereocenters. The van der Waals surface area contributed by atoms with Crippen LogP contribution < -0.4 is 10.6 Å². The molecule has 13 nitrogen and oxygen atoms in total. The van der Waals surface area contributed by atoms with Crippen molar-refractivity contribution in [2.24, 2.45) is 11.3 Å². The summed E-state index contributed by atoms with van der Waals surface area (Å²) in [6.07, 6.45) is -0.399. The number of hydrogen-bond acceptors (Lipinski definition) is 9. The average molecular weight is 622 g/mol. The number of nitrogens with one attached hydrogen (secondary N) is 2. The van der Waals surface area contributed by atoms with Crippen molar-refractivity contribution >= 4 is 33.0 Å². The number of non-ortho nitro benzene ring substituents is 1. The number of likely N-dealkylation sites (tertiary alicyclic amines) is 1.